The highest BCUT2D eigenvalue weighted by atomic mass is 35.5. The van der Waals surface area contributed by atoms with E-state index in [0.717, 1.165) is 43.2 Å². The van der Waals surface area contributed by atoms with Crippen LogP contribution in [0.1, 0.15) is 50.3 Å². The first kappa shape index (κ1) is 35.5. The Morgan fingerprint density at radius 3 is 2.14 bits per heavy atom. The van der Waals surface area contributed by atoms with Gasteiger partial charge in [0.25, 0.3) is 17.7 Å². The van der Waals surface area contributed by atoms with E-state index in [9.17, 15) is 19.2 Å². The number of halogens is 1. The number of anilines is 1. The summed E-state index contributed by atoms with van der Waals surface area (Å²) < 4.78 is 0. The van der Waals surface area contributed by atoms with Crippen molar-refractivity contribution in [3.8, 4) is 0 Å². The molecule has 2 heterocycles. The van der Waals surface area contributed by atoms with E-state index >= 15 is 0 Å². The summed E-state index contributed by atoms with van der Waals surface area (Å²) in [4.78, 5) is 62.3. The monoisotopic (exact) mass is 682 g/mol. The molecule has 0 bridgehead atoms. The first-order valence-corrected chi connectivity index (χ1v) is 16.6. The van der Waals surface area contributed by atoms with Gasteiger partial charge in [0.15, 0.2) is 5.43 Å². The largest absolute Gasteiger partial charge is 0.384 e. The number of H-pyrrole nitrogens is 1. The third kappa shape index (κ3) is 7.46. The van der Waals surface area contributed by atoms with Crippen LogP contribution < -0.4 is 16.1 Å². The quantitative estimate of drug-likeness (QED) is 0.0821. The lowest BCUT2D eigenvalue weighted by atomic mass is 9.94. The molecule has 10 nitrogen and oxygen atoms in total. The van der Waals surface area contributed by atoms with E-state index in [1.807, 2.05) is 69.7 Å². The van der Waals surface area contributed by atoms with E-state index in [1.54, 1.807) is 24.3 Å². The zero-order valence-electron chi connectivity index (χ0n) is 28.2. The fraction of sp³-hybridized carbons (Fsp3) is 0.316. The first-order valence-electron chi connectivity index (χ1n) is 16.6. The lowest BCUT2D eigenvalue weighted by Crippen LogP contribution is -2.41. The summed E-state index contributed by atoms with van der Waals surface area (Å²) in [6, 6.07) is 22.1. The van der Waals surface area contributed by atoms with Gasteiger partial charge >= 0.3 is 0 Å². The van der Waals surface area contributed by atoms with Crippen LogP contribution in [0.25, 0.3) is 32.6 Å². The van der Waals surface area contributed by atoms with Crippen LogP contribution in [-0.2, 0) is 0 Å². The number of fused-ring (bicyclic) bond motifs is 2. The highest BCUT2D eigenvalue weighted by Crippen LogP contribution is 2.30. The third-order valence-electron chi connectivity index (χ3n) is 8.99. The number of carbonyl (C=O) groups excluding carboxylic acids is 3. The van der Waals surface area contributed by atoms with E-state index in [4.69, 9.17) is 0 Å². The number of nitrogens with zero attached hydrogens (tertiary/aromatic N) is 3. The molecule has 0 radical (unpaired) electrons. The lowest BCUT2D eigenvalue weighted by molar-refractivity contribution is 0.0604. The van der Waals surface area contributed by atoms with Crippen LogP contribution in [0.3, 0.4) is 0 Å². The van der Waals surface area contributed by atoms with Gasteiger partial charge in [-0.3, -0.25) is 24.1 Å². The smallest absolute Gasteiger partial charge is 0.261 e. The molecule has 4 aromatic carbocycles. The summed E-state index contributed by atoms with van der Waals surface area (Å²) in [6.07, 6.45) is 2.28. The molecular weight excluding hydrogens is 640 g/mol. The fourth-order valence-electron chi connectivity index (χ4n) is 6.52. The van der Waals surface area contributed by atoms with Crippen molar-refractivity contribution < 1.29 is 14.4 Å². The summed E-state index contributed by atoms with van der Waals surface area (Å²) in [5, 5.41) is 9.12. The molecule has 0 unspecified atom stereocenters. The maximum atomic E-state index is 13.7. The summed E-state index contributed by atoms with van der Waals surface area (Å²) in [5.74, 6) is -0.690. The van der Waals surface area contributed by atoms with Gasteiger partial charge in [0.1, 0.15) is 0 Å². The number of nitrogens with one attached hydrogen (secondary N) is 3. The second-order valence-electron chi connectivity index (χ2n) is 12.7. The average Bonchev–Trinajstić information content (AvgIpc) is 3.08. The standard InChI is InChI=1S/C38H42N6O4.ClH/c1-42(2)21-8-20-40-36(46)29-17-18-31(33-34(29)41-30-16-5-4-13-26(30)35(33)45)39-19-9-22-43(3)23-10-24-44-37(47)27-14-6-11-25-12-7-15-28(32(25)27)38(44)48;/h4-7,11-18,39H,8-10,19-24H2,1-3H3,(H,40,46)(H,41,45);1H. The molecule has 0 fully saturated rings. The minimum atomic E-state index is -0.237. The van der Waals surface area contributed by atoms with Crippen LogP contribution >= 0.6 is 12.4 Å². The maximum Gasteiger partial charge on any atom is 0.261 e. The van der Waals surface area contributed by atoms with Crippen molar-refractivity contribution in [2.24, 2.45) is 0 Å². The molecule has 0 atom stereocenters. The summed E-state index contributed by atoms with van der Waals surface area (Å²) in [7, 11) is 6.02. The Morgan fingerprint density at radius 2 is 1.43 bits per heavy atom. The van der Waals surface area contributed by atoms with Gasteiger partial charge in [0, 0.05) is 52.7 Å². The number of imide groups is 1. The molecular formula is C38H43ClN6O4. The Hall–Kier alpha value is -4.77. The van der Waals surface area contributed by atoms with E-state index in [-0.39, 0.29) is 35.6 Å². The third-order valence-corrected chi connectivity index (χ3v) is 8.99. The number of hydrogen-bond acceptors (Lipinski definition) is 7. The van der Waals surface area contributed by atoms with Crippen molar-refractivity contribution in [1.29, 1.82) is 0 Å². The molecule has 0 saturated carbocycles. The van der Waals surface area contributed by atoms with E-state index in [2.05, 4.69) is 25.4 Å². The SMILES string of the molecule is CN(C)CCCNC(=O)c1ccc(NCCCN(C)CCCN2C(=O)c3cccc4cccc(c34)C2=O)c2c(=O)c3ccccc3[nH]c12.Cl. The van der Waals surface area contributed by atoms with Gasteiger partial charge in [0.05, 0.1) is 16.5 Å². The van der Waals surface area contributed by atoms with Gasteiger partial charge in [-0.05, 0) is 102 Å². The van der Waals surface area contributed by atoms with Crippen molar-refractivity contribution >= 4 is 68.4 Å². The van der Waals surface area contributed by atoms with Crippen LogP contribution in [0.5, 0.6) is 0 Å². The van der Waals surface area contributed by atoms with E-state index < -0.39 is 0 Å². The van der Waals surface area contributed by atoms with Gasteiger partial charge in [-0.25, -0.2) is 0 Å². The number of amides is 3. The van der Waals surface area contributed by atoms with Crippen molar-refractivity contribution in [2.45, 2.75) is 19.3 Å². The van der Waals surface area contributed by atoms with Crippen LogP contribution in [0, 0.1) is 0 Å². The molecule has 256 valence electrons. The number of benzene rings is 4. The number of para-hydroxylation sites is 1. The lowest BCUT2D eigenvalue weighted by Gasteiger charge is -2.28. The Morgan fingerprint density at radius 1 is 0.755 bits per heavy atom. The number of aromatic nitrogens is 1. The molecule has 0 spiro atoms. The zero-order chi connectivity index (χ0) is 33.8. The summed E-state index contributed by atoms with van der Waals surface area (Å²) in [6.45, 7) is 3.87. The van der Waals surface area contributed by atoms with Gasteiger partial charge in [-0.2, -0.15) is 0 Å². The highest BCUT2D eigenvalue weighted by Gasteiger charge is 2.32. The van der Waals surface area contributed by atoms with Gasteiger partial charge < -0.3 is 25.4 Å². The highest BCUT2D eigenvalue weighted by molar-refractivity contribution is 6.25. The maximum absolute atomic E-state index is 13.7. The predicted molar refractivity (Wildman–Crippen MR) is 199 cm³/mol. The number of rotatable bonds is 14. The molecule has 3 amide bonds. The van der Waals surface area contributed by atoms with Gasteiger partial charge in [-0.15, -0.1) is 12.4 Å². The molecule has 1 aliphatic rings. The Bertz CT molecular complexity index is 2030. The van der Waals surface area contributed by atoms with Crippen molar-refractivity contribution in [2.75, 3.05) is 65.7 Å². The average molecular weight is 683 g/mol. The second-order valence-corrected chi connectivity index (χ2v) is 12.7. The van der Waals surface area contributed by atoms with Crippen molar-refractivity contribution in [3.63, 3.8) is 0 Å². The number of hydrogen-bond donors (Lipinski definition) is 3. The zero-order valence-corrected chi connectivity index (χ0v) is 29.0. The van der Waals surface area contributed by atoms with Crippen LogP contribution in [0.15, 0.2) is 77.6 Å². The van der Waals surface area contributed by atoms with E-state index in [1.165, 1.54) is 4.90 Å². The Balaban J connectivity index is 0.00000468. The topological polar surface area (TPSA) is 118 Å². The van der Waals surface area contributed by atoms with Crippen molar-refractivity contribution in [1.82, 2.24) is 25.0 Å². The Labute approximate surface area is 291 Å². The second kappa shape index (κ2) is 15.6. The molecule has 0 saturated heterocycles. The van der Waals surface area contributed by atoms with E-state index in [0.29, 0.717) is 70.2 Å². The number of aromatic amines is 1. The van der Waals surface area contributed by atoms with Crippen LogP contribution in [0.2, 0.25) is 0 Å². The summed E-state index contributed by atoms with van der Waals surface area (Å²) in [5.41, 5.74) is 3.36. The van der Waals surface area contributed by atoms with Crippen molar-refractivity contribution in [3.05, 3.63) is 99.7 Å². The molecule has 6 rings (SSSR count). The minimum Gasteiger partial charge on any atom is -0.384 e. The number of carbonyl (C=O) groups is 3. The first-order chi connectivity index (χ1) is 23.2. The molecule has 11 heteroatoms. The van der Waals surface area contributed by atoms with Crippen LogP contribution in [-0.4, -0.2) is 97.8 Å². The van der Waals surface area contributed by atoms with Crippen LogP contribution in [0.4, 0.5) is 5.69 Å². The molecule has 0 aliphatic carbocycles. The molecule has 49 heavy (non-hydrogen) atoms. The minimum absolute atomic E-state index is 0. The normalized spacial score (nSPS) is 12.7. The molecule has 3 N–H and O–H groups in total. The summed E-state index contributed by atoms with van der Waals surface area (Å²) >= 11 is 0. The fourth-order valence-corrected chi connectivity index (χ4v) is 6.52. The number of pyridine rings is 1. The molecule has 1 aromatic heterocycles. The predicted octanol–water partition coefficient (Wildman–Crippen LogP) is 5.36. The molecule has 1 aliphatic heterocycles. The van der Waals surface area contributed by atoms with Gasteiger partial charge in [-0.1, -0.05) is 36.4 Å². The Kier molecular flexibility index (Phi) is 11.3. The van der Waals surface area contributed by atoms with Gasteiger partial charge in [0.2, 0.25) is 0 Å². The molecule has 5 aromatic rings.